The Labute approximate surface area is 200 Å². The van der Waals surface area contributed by atoms with E-state index in [1.165, 1.54) is 13.4 Å². The van der Waals surface area contributed by atoms with Crippen molar-refractivity contribution in [2.24, 2.45) is 0 Å². The number of aromatic nitrogens is 4. The number of hydrogen-bond acceptors (Lipinski definition) is 9. The SMILES string of the molecule is COc1cc(C(=O)N[C@@H]2CCCN(c3cc(C4=CCN(C(C)=O)C4)n4ncnc(N)c34)C2)sn1. The number of nitrogens with two attached hydrogens (primary N) is 1. The standard InChI is InChI=1S/C22H26N8O3S/c1-13(31)28-7-5-14(10-28)16-8-17(20-21(23)24-12-25-30(16)20)29-6-3-4-15(11-29)26-22(32)18-9-19(33-2)27-34-18/h5,8-9,12,15H,3-4,6-7,10-11H2,1-2H3,(H,26,32)(H2,23,24,25)/t15-/m1/s1. The van der Waals surface area contributed by atoms with Gasteiger partial charge < -0.3 is 25.6 Å². The monoisotopic (exact) mass is 482 g/mol. The van der Waals surface area contributed by atoms with Crippen molar-refractivity contribution in [1.29, 1.82) is 0 Å². The first-order valence-electron chi connectivity index (χ1n) is 11.1. The van der Waals surface area contributed by atoms with Gasteiger partial charge in [-0.25, -0.2) is 9.50 Å². The lowest BCUT2D eigenvalue weighted by Crippen LogP contribution is -2.47. The maximum atomic E-state index is 12.7. The lowest BCUT2D eigenvalue weighted by molar-refractivity contribution is -0.127. The van der Waals surface area contributed by atoms with Gasteiger partial charge in [0.2, 0.25) is 11.8 Å². The van der Waals surface area contributed by atoms with Crippen LogP contribution >= 0.6 is 11.5 Å². The number of carbonyl (C=O) groups is 2. The Morgan fingerprint density at radius 1 is 1.32 bits per heavy atom. The van der Waals surface area contributed by atoms with E-state index in [1.807, 2.05) is 6.08 Å². The summed E-state index contributed by atoms with van der Waals surface area (Å²) in [6.07, 6.45) is 5.28. The molecule has 0 unspecified atom stereocenters. The average molecular weight is 483 g/mol. The predicted octanol–water partition coefficient (Wildman–Crippen LogP) is 1.42. The molecule has 1 fully saturated rings. The van der Waals surface area contributed by atoms with Crippen molar-refractivity contribution in [3.63, 3.8) is 0 Å². The van der Waals surface area contributed by atoms with Crippen LogP contribution in [0.2, 0.25) is 0 Å². The van der Waals surface area contributed by atoms with Gasteiger partial charge in [0.15, 0.2) is 5.82 Å². The van der Waals surface area contributed by atoms with Crippen molar-refractivity contribution in [1.82, 2.24) is 29.2 Å². The summed E-state index contributed by atoms with van der Waals surface area (Å²) < 4.78 is 11.0. The van der Waals surface area contributed by atoms with Crippen LogP contribution in [-0.2, 0) is 4.79 Å². The zero-order chi connectivity index (χ0) is 23.8. The number of nitrogens with zero attached hydrogens (tertiary/aromatic N) is 6. The molecule has 2 amide bonds. The number of nitrogen functional groups attached to an aromatic ring is 1. The highest BCUT2D eigenvalue weighted by molar-refractivity contribution is 7.08. The van der Waals surface area contributed by atoms with Gasteiger partial charge in [0.05, 0.1) is 18.5 Å². The number of nitrogens with one attached hydrogen (secondary N) is 1. The van der Waals surface area contributed by atoms with Crippen molar-refractivity contribution in [3.8, 4) is 5.88 Å². The Hall–Kier alpha value is -3.67. The second-order valence-corrected chi connectivity index (χ2v) is 9.25. The predicted molar refractivity (Wildman–Crippen MR) is 129 cm³/mol. The Morgan fingerprint density at radius 2 is 2.18 bits per heavy atom. The van der Waals surface area contributed by atoms with Gasteiger partial charge in [-0.05, 0) is 36.0 Å². The van der Waals surface area contributed by atoms with E-state index >= 15 is 0 Å². The summed E-state index contributed by atoms with van der Waals surface area (Å²) in [5.41, 5.74) is 9.87. The molecule has 12 heteroatoms. The second kappa shape index (κ2) is 8.93. The van der Waals surface area contributed by atoms with E-state index in [9.17, 15) is 9.59 Å². The summed E-state index contributed by atoms with van der Waals surface area (Å²) >= 11 is 1.12. The number of anilines is 2. The van der Waals surface area contributed by atoms with Gasteiger partial charge >= 0.3 is 0 Å². The molecule has 0 radical (unpaired) electrons. The van der Waals surface area contributed by atoms with E-state index in [1.54, 1.807) is 22.4 Å². The number of rotatable bonds is 5. The highest BCUT2D eigenvalue weighted by Gasteiger charge is 2.28. The third-order valence-electron chi connectivity index (χ3n) is 6.27. The fraction of sp³-hybridized carbons (Fsp3) is 0.409. The molecular formula is C22H26N8O3S. The van der Waals surface area contributed by atoms with E-state index in [0.29, 0.717) is 36.2 Å². The number of hydrogen-bond donors (Lipinski definition) is 2. The van der Waals surface area contributed by atoms with Gasteiger partial charge in [0, 0.05) is 45.2 Å². The summed E-state index contributed by atoms with van der Waals surface area (Å²) in [6.45, 7) is 4.14. The first-order valence-corrected chi connectivity index (χ1v) is 11.9. The van der Waals surface area contributed by atoms with Gasteiger partial charge in [0.1, 0.15) is 16.7 Å². The largest absolute Gasteiger partial charge is 0.480 e. The summed E-state index contributed by atoms with van der Waals surface area (Å²) in [5.74, 6) is 0.711. The molecule has 0 aliphatic carbocycles. The average Bonchev–Trinajstić information content (AvgIpc) is 3.57. The molecule has 2 aliphatic rings. The number of methoxy groups -OCH3 is 1. The Bertz CT molecular complexity index is 1280. The smallest absolute Gasteiger partial charge is 0.263 e. The van der Waals surface area contributed by atoms with Crippen LogP contribution in [0, 0.1) is 0 Å². The van der Waals surface area contributed by atoms with Crippen molar-refractivity contribution < 1.29 is 14.3 Å². The molecule has 0 bridgehead atoms. The third kappa shape index (κ3) is 4.04. The zero-order valence-electron chi connectivity index (χ0n) is 19.0. The number of amides is 2. The quantitative estimate of drug-likeness (QED) is 0.558. The van der Waals surface area contributed by atoms with Crippen molar-refractivity contribution >= 4 is 45.9 Å². The first kappa shape index (κ1) is 22.1. The molecule has 0 saturated carbocycles. The summed E-state index contributed by atoms with van der Waals surface area (Å²) in [6, 6.07) is 3.68. The van der Waals surface area contributed by atoms with Crippen molar-refractivity contribution in [3.05, 3.63) is 35.1 Å². The van der Waals surface area contributed by atoms with E-state index in [2.05, 4.69) is 30.7 Å². The maximum absolute atomic E-state index is 12.7. The fourth-order valence-electron chi connectivity index (χ4n) is 4.53. The normalized spacial score (nSPS) is 18.3. The molecule has 5 rings (SSSR count). The zero-order valence-corrected chi connectivity index (χ0v) is 19.8. The van der Waals surface area contributed by atoms with Crippen LogP contribution in [-0.4, -0.2) is 75.0 Å². The molecule has 34 heavy (non-hydrogen) atoms. The minimum absolute atomic E-state index is 0.0301. The van der Waals surface area contributed by atoms with Gasteiger partial charge in [-0.15, -0.1) is 0 Å². The Kier molecular flexibility index (Phi) is 5.82. The Balaban J connectivity index is 1.40. The van der Waals surface area contributed by atoms with Crippen LogP contribution in [0.15, 0.2) is 24.5 Å². The molecule has 3 N–H and O–H groups in total. The van der Waals surface area contributed by atoms with Crippen LogP contribution in [0.4, 0.5) is 11.5 Å². The highest BCUT2D eigenvalue weighted by Crippen LogP contribution is 2.34. The molecule has 178 valence electrons. The van der Waals surface area contributed by atoms with E-state index in [0.717, 1.165) is 53.4 Å². The van der Waals surface area contributed by atoms with Crippen LogP contribution in [0.25, 0.3) is 11.1 Å². The molecule has 3 aromatic heterocycles. The molecular weight excluding hydrogens is 456 g/mol. The topological polar surface area (TPSA) is 131 Å². The Morgan fingerprint density at radius 3 is 2.91 bits per heavy atom. The van der Waals surface area contributed by atoms with Crippen molar-refractivity contribution in [2.45, 2.75) is 25.8 Å². The van der Waals surface area contributed by atoms with Gasteiger partial charge in [-0.1, -0.05) is 6.08 Å². The van der Waals surface area contributed by atoms with Crippen LogP contribution < -0.4 is 20.7 Å². The van der Waals surface area contributed by atoms with E-state index in [4.69, 9.17) is 10.5 Å². The van der Waals surface area contributed by atoms with E-state index < -0.39 is 0 Å². The summed E-state index contributed by atoms with van der Waals surface area (Å²) in [5, 5.41) is 7.58. The van der Waals surface area contributed by atoms with Crippen LogP contribution in [0.5, 0.6) is 5.88 Å². The molecule has 11 nitrogen and oxygen atoms in total. The highest BCUT2D eigenvalue weighted by atomic mass is 32.1. The minimum atomic E-state index is -0.154. The molecule has 5 heterocycles. The maximum Gasteiger partial charge on any atom is 0.263 e. The molecule has 2 aliphatic heterocycles. The van der Waals surface area contributed by atoms with Crippen molar-refractivity contribution in [2.75, 3.05) is 43.9 Å². The molecule has 1 saturated heterocycles. The minimum Gasteiger partial charge on any atom is -0.480 e. The van der Waals surface area contributed by atoms with Gasteiger partial charge in [-0.3, -0.25) is 9.59 Å². The van der Waals surface area contributed by atoms with Crippen LogP contribution in [0.3, 0.4) is 0 Å². The lowest BCUT2D eigenvalue weighted by atomic mass is 10.0. The second-order valence-electron chi connectivity index (χ2n) is 8.44. The van der Waals surface area contributed by atoms with Gasteiger partial charge in [0.25, 0.3) is 5.91 Å². The molecule has 1 atom stereocenters. The number of piperidine rings is 1. The number of ether oxygens (including phenoxy) is 1. The first-order chi connectivity index (χ1) is 16.4. The van der Waals surface area contributed by atoms with Gasteiger partial charge in [-0.2, -0.15) is 9.47 Å². The fourth-order valence-corrected chi connectivity index (χ4v) is 5.14. The molecule has 0 aromatic carbocycles. The molecule has 3 aromatic rings. The summed E-state index contributed by atoms with van der Waals surface area (Å²) in [4.78, 5) is 33.3. The number of carbonyl (C=O) groups excluding carboxylic acids is 2. The van der Waals surface area contributed by atoms with Crippen LogP contribution in [0.1, 0.15) is 35.1 Å². The summed E-state index contributed by atoms with van der Waals surface area (Å²) in [7, 11) is 1.53. The number of fused-ring (bicyclic) bond motifs is 1. The van der Waals surface area contributed by atoms with E-state index in [-0.39, 0.29) is 17.9 Å². The molecule has 0 spiro atoms. The third-order valence-corrected chi connectivity index (χ3v) is 7.05. The lowest BCUT2D eigenvalue weighted by Gasteiger charge is -2.34.